The molecule has 0 spiro atoms. The Kier molecular flexibility index (Phi) is 7.52. The van der Waals surface area contributed by atoms with Gasteiger partial charge in [-0.05, 0) is 50.7 Å². The number of ether oxygens (including phenoxy) is 1. The molecule has 1 unspecified atom stereocenters. The Morgan fingerprint density at radius 3 is 2.41 bits per heavy atom. The Morgan fingerprint density at radius 2 is 1.76 bits per heavy atom. The van der Waals surface area contributed by atoms with Crippen molar-refractivity contribution < 1.29 is 27.5 Å². The third kappa shape index (κ3) is 5.25. The maximum absolute atomic E-state index is 13.8. The van der Waals surface area contributed by atoms with Crippen molar-refractivity contribution >= 4 is 11.8 Å². The highest BCUT2D eigenvalue weighted by molar-refractivity contribution is 5.88. The van der Waals surface area contributed by atoms with E-state index in [1.165, 1.54) is 6.07 Å². The molecule has 0 bridgehead atoms. The Balaban J connectivity index is 1.43. The number of hydrogen-bond acceptors (Lipinski definition) is 4. The minimum Gasteiger partial charge on any atom is -0.381 e. The summed E-state index contributed by atoms with van der Waals surface area (Å²) in [5.74, 6) is 0.00240. The lowest BCUT2D eigenvalue weighted by Crippen LogP contribution is -2.57. The van der Waals surface area contributed by atoms with Crippen LogP contribution in [0.15, 0.2) is 24.3 Å². The number of carbonyl (C=O) groups is 2. The Hall–Kier alpha value is -2.13. The lowest BCUT2D eigenvalue weighted by Gasteiger charge is -2.43. The summed E-state index contributed by atoms with van der Waals surface area (Å²) in [5, 5.41) is 0. The monoisotopic (exact) mass is 481 g/mol. The fraction of sp³-hybridized carbons (Fsp3) is 0.680. The summed E-state index contributed by atoms with van der Waals surface area (Å²) in [5.41, 5.74) is -1.34. The van der Waals surface area contributed by atoms with E-state index in [0.717, 1.165) is 37.9 Å². The molecule has 6 nitrogen and oxygen atoms in total. The van der Waals surface area contributed by atoms with Crippen LogP contribution in [0, 0.1) is 0 Å². The first-order chi connectivity index (χ1) is 16.2. The van der Waals surface area contributed by atoms with E-state index in [2.05, 4.69) is 11.8 Å². The van der Waals surface area contributed by atoms with E-state index in [9.17, 15) is 22.8 Å². The van der Waals surface area contributed by atoms with Gasteiger partial charge in [0.15, 0.2) is 0 Å². The third-order valence-electron chi connectivity index (χ3n) is 7.64. The van der Waals surface area contributed by atoms with Crippen LogP contribution >= 0.6 is 0 Å². The number of amides is 2. The minimum atomic E-state index is -4.46. The molecule has 34 heavy (non-hydrogen) atoms. The van der Waals surface area contributed by atoms with Gasteiger partial charge in [-0.15, -0.1) is 0 Å². The number of likely N-dealkylation sites (tertiary alicyclic amines) is 1. The second kappa shape index (κ2) is 10.2. The van der Waals surface area contributed by atoms with Crippen molar-refractivity contribution in [3.8, 4) is 0 Å². The van der Waals surface area contributed by atoms with Crippen LogP contribution in [0.3, 0.4) is 0 Å². The number of piperazine rings is 1. The van der Waals surface area contributed by atoms with Gasteiger partial charge in [0.1, 0.15) is 0 Å². The van der Waals surface area contributed by atoms with Crippen LogP contribution in [-0.4, -0.2) is 85.0 Å². The SMILES string of the molecule is CC1CCCCN1C(=O)CN1CCN(C(=O)C2(c3cccc(C(F)(F)F)c3)CCOCC2)CC1. The summed E-state index contributed by atoms with van der Waals surface area (Å²) in [6.07, 6.45) is -0.508. The van der Waals surface area contributed by atoms with Crippen LogP contribution in [0.5, 0.6) is 0 Å². The molecule has 0 N–H and O–H groups in total. The first kappa shape index (κ1) is 25.0. The fourth-order valence-corrected chi connectivity index (χ4v) is 5.50. The predicted molar refractivity (Wildman–Crippen MR) is 121 cm³/mol. The van der Waals surface area contributed by atoms with E-state index in [1.807, 2.05) is 4.90 Å². The Bertz CT molecular complexity index is 878. The van der Waals surface area contributed by atoms with Crippen LogP contribution in [0.1, 0.15) is 50.2 Å². The third-order valence-corrected chi connectivity index (χ3v) is 7.64. The van der Waals surface area contributed by atoms with Crippen molar-refractivity contribution in [2.45, 2.75) is 56.7 Å². The van der Waals surface area contributed by atoms with Gasteiger partial charge in [0, 0.05) is 52.0 Å². The number of halogens is 3. The highest BCUT2D eigenvalue weighted by Crippen LogP contribution is 2.39. The second-order valence-electron chi connectivity index (χ2n) is 9.77. The molecular formula is C25H34F3N3O3. The van der Waals surface area contributed by atoms with Gasteiger partial charge in [-0.1, -0.05) is 18.2 Å². The van der Waals surface area contributed by atoms with E-state index < -0.39 is 17.2 Å². The van der Waals surface area contributed by atoms with E-state index >= 15 is 0 Å². The average molecular weight is 482 g/mol. The quantitative estimate of drug-likeness (QED) is 0.662. The van der Waals surface area contributed by atoms with Gasteiger partial charge in [-0.25, -0.2) is 0 Å². The summed E-state index contributed by atoms with van der Waals surface area (Å²) in [7, 11) is 0. The molecule has 1 aromatic carbocycles. The minimum absolute atomic E-state index is 0.134. The van der Waals surface area contributed by atoms with Crippen molar-refractivity contribution in [2.24, 2.45) is 0 Å². The largest absolute Gasteiger partial charge is 0.416 e. The number of hydrogen-bond donors (Lipinski definition) is 0. The molecule has 1 atom stereocenters. The standard InChI is InChI=1S/C25H34F3N3O3/c1-19-5-2-3-10-31(19)22(32)18-29-11-13-30(14-12-29)23(33)24(8-15-34-16-9-24)20-6-4-7-21(17-20)25(26,27)28/h4,6-7,17,19H,2-3,5,8-16,18H2,1H3. The molecule has 0 aromatic heterocycles. The van der Waals surface area contributed by atoms with E-state index in [-0.39, 0.29) is 17.9 Å². The summed E-state index contributed by atoms with van der Waals surface area (Å²) < 4.78 is 45.6. The van der Waals surface area contributed by atoms with Crippen molar-refractivity contribution in [3.05, 3.63) is 35.4 Å². The normalized spacial score (nSPS) is 24.2. The highest BCUT2D eigenvalue weighted by Gasteiger charge is 2.45. The first-order valence-corrected chi connectivity index (χ1v) is 12.3. The molecule has 0 aliphatic carbocycles. The molecule has 3 aliphatic rings. The zero-order valence-corrected chi connectivity index (χ0v) is 19.8. The highest BCUT2D eigenvalue weighted by atomic mass is 19.4. The van der Waals surface area contributed by atoms with Gasteiger partial charge < -0.3 is 14.5 Å². The molecule has 9 heteroatoms. The topological polar surface area (TPSA) is 53.1 Å². The molecule has 3 fully saturated rings. The molecular weight excluding hydrogens is 447 g/mol. The fourth-order valence-electron chi connectivity index (χ4n) is 5.50. The molecule has 3 heterocycles. The number of carbonyl (C=O) groups excluding carboxylic acids is 2. The smallest absolute Gasteiger partial charge is 0.381 e. The molecule has 2 amide bonds. The molecule has 0 radical (unpaired) electrons. The van der Waals surface area contributed by atoms with Crippen molar-refractivity contribution in [2.75, 3.05) is 52.5 Å². The Morgan fingerprint density at radius 1 is 1.06 bits per heavy atom. The molecule has 3 saturated heterocycles. The molecule has 4 rings (SSSR count). The van der Waals surface area contributed by atoms with E-state index in [1.54, 1.807) is 11.0 Å². The van der Waals surface area contributed by atoms with Gasteiger partial charge in [0.2, 0.25) is 11.8 Å². The molecule has 3 aliphatic heterocycles. The maximum atomic E-state index is 13.8. The second-order valence-corrected chi connectivity index (χ2v) is 9.77. The van der Waals surface area contributed by atoms with Crippen molar-refractivity contribution in [1.82, 2.24) is 14.7 Å². The number of rotatable bonds is 4. The Labute approximate surface area is 199 Å². The van der Waals surface area contributed by atoms with Gasteiger partial charge in [-0.2, -0.15) is 13.2 Å². The van der Waals surface area contributed by atoms with E-state index in [0.29, 0.717) is 64.3 Å². The lowest BCUT2D eigenvalue weighted by molar-refractivity contribution is -0.144. The zero-order chi connectivity index (χ0) is 24.3. The summed E-state index contributed by atoms with van der Waals surface area (Å²) in [4.78, 5) is 32.3. The van der Waals surface area contributed by atoms with Gasteiger partial charge in [0.05, 0.1) is 17.5 Å². The van der Waals surface area contributed by atoms with Crippen molar-refractivity contribution in [3.63, 3.8) is 0 Å². The number of alkyl halides is 3. The van der Waals surface area contributed by atoms with Crippen LogP contribution in [0.4, 0.5) is 13.2 Å². The van der Waals surface area contributed by atoms with Crippen LogP contribution in [-0.2, 0) is 25.9 Å². The van der Waals surface area contributed by atoms with Crippen LogP contribution in [0.25, 0.3) is 0 Å². The van der Waals surface area contributed by atoms with Gasteiger partial charge in [-0.3, -0.25) is 14.5 Å². The molecule has 1 aromatic rings. The van der Waals surface area contributed by atoms with Crippen molar-refractivity contribution in [1.29, 1.82) is 0 Å². The summed E-state index contributed by atoms with van der Waals surface area (Å²) >= 11 is 0. The van der Waals surface area contributed by atoms with Gasteiger partial charge >= 0.3 is 6.18 Å². The number of nitrogens with zero attached hydrogens (tertiary/aromatic N) is 3. The maximum Gasteiger partial charge on any atom is 0.416 e. The van der Waals surface area contributed by atoms with Crippen LogP contribution < -0.4 is 0 Å². The lowest BCUT2D eigenvalue weighted by atomic mass is 9.72. The van der Waals surface area contributed by atoms with Crippen LogP contribution in [0.2, 0.25) is 0 Å². The average Bonchev–Trinajstić information content (AvgIpc) is 2.84. The zero-order valence-electron chi connectivity index (χ0n) is 19.8. The first-order valence-electron chi connectivity index (χ1n) is 12.3. The summed E-state index contributed by atoms with van der Waals surface area (Å²) in [6, 6.07) is 5.45. The predicted octanol–water partition coefficient (Wildman–Crippen LogP) is 3.30. The number of piperidine rings is 1. The van der Waals surface area contributed by atoms with E-state index in [4.69, 9.17) is 4.74 Å². The summed E-state index contributed by atoms with van der Waals surface area (Å²) in [6.45, 7) is 6.00. The molecule has 0 saturated carbocycles. The number of benzene rings is 1. The molecule has 188 valence electrons. The van der Waals surface area contributed by atoms with Gasteiger partial charge in [0.25, 0.3) is 0 Å².